The molecule has 246 valence electrons. The number of hydrogen-bond acceptors (Lipinski definition) is 6. The number of halogens is 1. The summed E-state index contributed by atoms with van der Waals surface area (Å²) in [7, 11) is 0. The zero-order chi connectivity index (χ0) is 33.6. The zero-order valence-corrected chi connectivity index (χ0v) is 26.6. The van der Waals surface area contributed by atoms with Crippen molar-refractivity contribution >= 4 is 52.9 Å². The molecule has 4 amide bonds. The summed E-state index contributed by atoms with van der Waals surface area (Å²) < 4.78 is 0. The molecule has 0 radical (unpaired) electrons. The molecule has 46 heavy (non-hydrogen) atoms. The van der Waals surface area contributed by atoms with E-state index >= 15 is 0 Å². The van der Waals surface area contributed by atoms with Gasteiger partial charge in [0, 0.05) is 37.0 Å². The summed E-state index contributed by atoms with van der Waals surface area (Å²) in [6.07, 6.45) is 1.83. The Kier molecular flexibility index (Phi) is 11.0. The maximum atomic E-state index is 13.6. The molecular weight excluding hydrogens is 616 g/mol. The van der Waals surface area contributed by atoms with Crippen molar-refractivity contribution in [3.05, 3.63) is 64.7 Å². The van der Waals surface area contributed by atoms with Gasteiger partial charge in [-0.3, -0.25) is 28.9 Å². The SMILES string of the molecule is CC(=O)NCCC1(C(=O)NC(Cc2ccc(N3C(=O)C(C)N(C(=O)CCC(=O)O)C3c3ccc(Cl)cc3)cc2)C(=O)O)CCCC1. The number of aliphatic carboxylic acids is 2. The van der Waals surface area contributed by atoms with Gasteiger partial charge >= 0.3 is 11.9 Å². The third-order valence-corrected chi connectivity index (χ3v) is 9.06. The van der Waals surface area contributed by atoms with Crippen LogP contribution in [0, 0.1) is 5.41 Å². The van der Waals surface area contributed by atoms with Gasteiger partial charge in [0.15, 0.2) is 0 Å². The Hall–Kier alpha value is -4.45. The highest BCUT2D eigenvalue weighted by Crippen LogP contribution is 2.42. The van der Waals surface area contributed by atoms with Crippen molar-refractivity contribution in [2.24, 2.45) is 5.41 Å². The van der Waals surface area contributed by atoms with E-state index in [0.717, 1.165) is 12.8 Å². The summed E-state index contributed by atoms with van der Waals surface area (Å²) >= 11 is 6.09. The number of amides is 4. The molecule has 12 nitrogen and oxygen atoms in total. The van der Waals surface area contributed by atoms with Gasteiger partial charge in [-0.2, -0.15) is 0 Å². The van der Waals surface area contributed by atoms with E-state index in [2.05, 4.69) is 10.6 Å². The van der Waals surface area contributed by atoms with Crippen LogP contribution in [-0.4, -0.2) is 69.3 Å². The number of nitrogens with zero attached hydrogens (tertiary/aromatic N) is 2. The first-order chi connectivity index (χ1) is 21.8. The summed E-state index contributed by atoms with van der Waals surface area (Å²) in [5.41, 5.74) is 0.917. The minimum absolute atomic E-state index is 0.00606. The monoisotopic (exact) mass is 654 g/mol. The molecule has 1 aliphatic carbocycles. The molecule has 1 saturated carbocycles. The molecule has 0 bridgehead atoms. The van der Waals surface area contributed by atoms with Gasteiger partial charge < -0.3 is 25.7 Å². The molecule has 0 spiro atoms. The van der Waals surface area contributed by atoms with E-state index < -0.39 is 41.5 Å². The summed E-state index contributed by atoms with van der Waals surface area (Å²) in [5.74, 6) is -3.69. The number of anilines is 1. The number of carbonyl (C=O) groups is 6. The van der Waals surface area contributed by atoms with Crippen LogP contribution in [0.1, 0.15) is 76.1 Å². The van der Waals surface area contributed by atoms with Crippen LogP contribution in [0.5, 0.6) is 0 Å². The van der Waals surface area contributed by atoms with E-state index in [1.54, 1.807) is 55.5 Å². The normalized spacial score (nSPS) is 19.5. The van der Waals surface area contributed by atoms with Gasteiger partial charge in [0.1, 0.15) is 18.2 Å². The molecule has 1 saturated heterocycles. The smallest absolute Gasteiger partial charge is 0.326 e. The van der Waals surface area contributed by atoms with Crippen LogP contribution in [0.25, 0.3) is 0 Å². The van der Waals surface area contributed by atoms with Crippen molar-refractivity contribution in [3.63, 3.8) is 0 Å². The van der Waals surface area contributed by atoms with Gasteiger partial charge in [-0.25, -0.2) is 4.79 Å². The van der Waals surface area contributed by atoms with Crippen molar-refractivity contribution in [1.82, 2.24) is 15.5 Å². The largest absolute Gasteiger partial charge is 0.481 e. The predicted molar refractivity (Wildman–Crippen MR) is 169 cm³/mol. The molecule has 13 heteroatoms. The highest BCUT2D eigenvalue weighted by atomic mass is 35.5. The van der Waals surface area contributed by atoms with Gasteiger partial charge in [0.05, 0.1) is 11.8 Å². The third kappa shape index (κ3) is 7.85. The Morgan fingerprint density at radius 2 is 1.61 bits per heavy atom. The van der Waals surface area contributed by atoms with Crippen LogP contribution in [0.3, 0.4) is 0 Å². The molecule has 3 unspecified atom stereocenters. The maximum absolute atomic E-state index is 13.6. The first-order valence-electron chi connectivity index (χ1n) is 15.3. The fourth-order valence-corrected chi connectivity index (χ4v) is 6.47. The standard InChI is InChI=1S/C33H39ClN4O8/c1-20-30(43)38(29(23-7-9-24(34)10-8-23)37(20)27(40)13-14-28(41)42)25-11-5-22(6-12-25)19-26(31(44)45)36-32(46)33(15-3-4-16-33)17-18-35-21(2)39/h5-12,20,26,29H,3-4,13-19H2,1-2H3,(H,35,39)(H,36,46)(H,41,42)(H,44,45). The Labute approximate surface area is 272 Å². The minimum atomic E-state index is -1.20. The van der Waals surface area contributed by atoms with Crippen LogP contribution in [0.15, 0.2) is 48.5 Å². The van der Waals surface area contributed by atoms with E-state index in [4.69, 9.17) is 16.7 Å². The average molecular weight is 655 g/mol. The molecule has 2 aromatic carbocycles. The average Bonchev–Trinajstić information content (AvgIpc) is 3.59. The van der Waals surface area contributed by atoms with Crippen molar-refractivity contribution in [2.75, 3.05) is 11.4 Å². The second-order valence-electron chi connectivity index (χ2n) is 12.0. The van der Waals surface area contributed by atoms with Gasteiger partial charge in [-0.1, -0.05) is 48.7 Å². The number of hydrogen-bond donors (Lipinski definition) is 4. The first kappa shape index (κ1) is 34.4. The zero-order valence-electron chi connectivity index (χ0n) is 25.8. The fraction of sp³-hybridized carbons (Fsp3) is 0.455. The fourth-order valence-electron chi connectivity index (χ4n) is 6.35. The Bertz CT molecular complexity index is 1470. The quantitative estimate of drug-likeness (QED) is 0.253. The number of carbonyl (C=O) groups excluding carboxylic acids is 4. The molecule has 1 heterocycles. The molecule has 3 atom stereocenters. The number of rotatable bonds is 13. The lowest BCUT2D eigenvalue weighted by atomic mass is 9.81. The molecule has 1 aliphatic heterocycles. The van der Waals surface area contributed by atoms with Crippen molar-refractivity contribution in [2.45, 2.75) is 83.5 Å². The number of nitrogens with one attached hydrogen (secondary N) is 2. The van der Waals surface area contributed by atoms with Gasteiger partial charge in [0.25, 0.3) is 5.91 Å². The summed E-state index contributed by atoms with van der Waals surface area (Å²) in [6.45, 7) is 3.32. The van der Waals surface area contributed by atoms with Gasteiger partial charge in [-0.15, -0.1) is 0 Å². The molecule has 4 rings (SSSR count). The summed E-state index contributed by atoms with van der Waals surface area (Å²) in [4.78, 5) is 77.8. The molecule has 2 aliphatic rings. The summed E-state index contributed by atoms with van der Waals surface area (Å²) in [6, 6.07) is 11.3. The van der Waals surface area contributed by atoms with E-state index in [-0.39, 0.29) is 37.0 Å². The Morgan fingerprint density at radius 3 is 2.17 bits per heavy atom. The van der Waals surface area contributed by atoms with E-state index in [0.29, 0.717) is 47.6 Å². The Morgan fingerprint density at radius 1 is 0.978 bits per heavy atom. The topological polar surface area (TPSA) is 173 Å². The van der Waals surface area contributed by atoms with Crippen molar-refractivity contribution in [1.29, 1.82) is 0 Å². The van der Waals surface area contributed by atoms with E-state index in [1.165, 1.54) is 16.7 Å². The van der Waals surface area contributed by atoms with Crippen molar-refractivity contribution in [3.8, 4) is 0 Å². The molecule has 2 aromatic rings. The molecule has 4 N–H and O–H groups in total. The van der Waals surface area contributed by atoms with Gasteiger partial charge in [-0.05, 0) is 61.6 Å². The Balaban J connectivity index is 1.55. The highest BCUT2D eigenvalue weighted by Gasteiger charge is 2.47. The van der Waals surface area contributed by atoms with Crippen LogP contribution >= 0.6 is 11.6 Å². The van der Waals surface area contributed by atoms with E-state index in [1.807, 2.05) is 0 Å². The van der Waals surface area contributed by atoms with E-state index in [9.17, 15) is 33.9 Å². The lowest BCUT2D eigenvalue weighted by Gasteiger charge is -2.31. The highest BCUT2D eigenvalue weighted by molar-refractivity contribution is 6.30. The third-order valence-electron chi connectivity index (χ3n) is 8.81. The van der Waals surface area contributed by atoms with Crippen molar-refractivity contribution < 1.29 is 39.0 Å². The van der Waals surface area contributed by atoms with Crippen LogP contribution in [-0.2, 0) is 35.2 Å². The first-order valence-corrected chi connectivity index (χ1v) is 15.7. The minimum Gasteiger partial charge on any atom is -0.481 e. The predicted octanol–water partition coefficient (Wildman–Crippen LogP) is 3.67. The molecular formula is C33H39ClN4O8. The summed E-state index contributed by atoms with van der Waals surface area (Å²) in [5, 5.41) is 25.0. The second-order valence-corrected chi connectivity index (χ2v) is 12.4. The number of carboxylic acid groups (broad SMARTS) is 2. The van der Waals surface area contributed by atoms with Crippen LogP contribution < -0.4 is 15.5 Å². The number of benzene rings is 2. The maximum Gasteiger partial charge on any atom is 0.326 e. The molecule has 0 aromatic heterocycles. The second kappa shape index (κ2) is 14.8. The van der Waals surface area contributed by atoms with Crippen LogP contribution in [0.4, 0.5) is 5.69 Å². The van der Waals surface area contributed by atoms with Crippen LogP contribution in [0.2, 0.25) is 5.02 Å². The molecule has 2 fully saturated rings. The van der Waals surface area contributed by atoms with Gasteiger partial charge in [0.2, 0.25) is 17.7 Å². The lowest BCUT2D eigenvalue weighted by molar-refractivity contribution is -0.144. The number of carboxylic acids is 2. The lowest BCUT2D eigenvalue weighted by Crippen LogP contribution is -2.49.